The summed E-state index contributed by atoms with van der Waals surface area (Å²) in [5.74, 6) is 0.487. The van der Waals surface area contributed by atoms with Crippen molar-refractivity contribution in [1.82, 2.24) is 10.3 Å². The van der Waals surface area contributed by atoms with Gasteiger partial charge in [-0.25, -0.2) is 9.37 Å². The number of anilines is 2. The first-order chi connectivity index (χ1) is 11.7. The molecule has 6 nitrogen and oxygen atoms in total. The molecule has 3 rings (SSSR count). The van der Waals surface area contributed by atoms with Crippen molar-refractivity contribution in [2.24, 2.45) is 0 Å². The number of hydrogen-bond donors (Lipinski definition) is 3. The molecule has 0 radical (unpaired) electrons. The second-order valence-electron chi connectivity index (χ2n) is 5.55. The van der Waals surface area contributed by atoms with Crippen LogP contribution in [0.15, 0.2) is 30.5 Å². The van der Waals surface area contributed by atoms with Crippen LogP contribution in [-0.2, 0) is 11.3 Å². The predicted molar refractivity (Wildman–Crippen MR) is 90.5 cm³/mol. The summed E-state index contributed by atoms with van der Waals surface area (Å²) in [6.45, 7) is 2.26. The Morgan fingerprint density at radius 3 is 2.88 bits per heavy atom. The standard InChI is InChI=1S/C17H21FN4O2/c1-23-12-4-2-11(3-5-12)8-21-17-16(18)15(13(19)9-22-17)14-10-20-6-7-24-14/h2-5,9,14,20H,6-8,10,19H2,1H3,(H,21,22). The van der Waals surface area contributed by atoms with Crippen LogP contribution in [0.4, 0.5) is 15.9 Å². The van der Waals surface area contributed by atoms with Crippen LogP contribution >= 0.6 is 0 Å². The minimum Gasteiger partial charge on any atom is -0.497 e. The van der Waals surface area contributed by atoms with E-state index in [1.165, 1.54) is 6.20 Å². The molecule has 0 spiro atoms. The van der Waals surface area contributed by atoms with Crippen LogP contribution < -0.4 is 21.1 Å². The summed E-state index contributed by atoms with van der Waals surface area (Å²) in [6, 6.07) is 7.54. The van der Waals surface area contributed by atoms with Crippen LogP contribution in [0.5, 0.6) is 5.75 Å². The number of rotatable bonds is 5. The number of aromatic nitrogens is 1. The second kappa shape index (κ2) is 7.46. The number of nitrogens with zero attached hydrogens (tertiary/aromatic N) is 1. The molecule has 1 atom stereocenters. The second-order valence-corrected chi connectivity index (χ2v) is 5.55. The molecule has 0 saturated carbocycles. The molecule has 24 heavy (non-hydrogen) atoms. The maximum absolute atomic E-state index is 14.8. The van der Waals surface area contributed by atoms with E-state index in [2.05, 4.69) is 15.6 Å². The van der Waals surface area contributed by atoms with E-state index >= 15 is 0 Å². The summed E-state index contributed by atoms with van der Waals surface area (Å²) in [5, 5.41) is 6.19. The molecule has 4 N–H and O–H groups in total. The van der Waals surface area contributed by atoms with Crippen molar-refractivity contribution in [2.45, 2.75) is 12.6 Å². The Bertz CT molecular complexity index is 688. The normalized spacial score (nSPS) is 17.5. The Balaban J connectivity index is 1.75. The number of hydrogen-bond acceptors (Lipinski definition) is 6. The summed E-state index contributed by atoms with van der Waals surface area (Å²) in [7, 11) is 1.62. The van der Waals surface area contributed by atoms with Crippen molar-refractivity contribution in [3.05, 3.63) is 47.4 Å². The molecule has 1 aliphatic heterocycles. The monoisotopic (exact) mass is 332 g/mol. The van der Waals surface area contributed by atoms with Gasteiger partial charge in [-0.1, -0.05) is 12.1 Å². The average Bonchev–Trinajstić information content (AvgIpc) is 2.62. The Hall–Kier alpha value is -2.38. The minimum atomic E-state index is -0.461. The molecule has 0 amide bonds. The van der Waals surface area contributed by atoms with E-state index in [0.29, 0.717) is 30.9 Å². The highest BCUT2D eigenvalue weighted by atomic mass is 19.1. The smallest absolute Gasteiger partial charge is 0.173 e. The van der Waals surface area contributed by atoms with Gasteiger partial charge in [0.25, 0.3) is 0 Å². The van der Waals surface area contributed by atoms with Crippen LogP contribution in [-0.4, -0.2) is 31.8 Å². The third-order valence-corrected chi connectivity index (χ3v) is 3.96. The molecule has 1 aromatic carbocycles. The van der Waals surface area contributed by atoms with E-state index in [0.717, 1.165) is 17.9 Å². The van der Waals surface area contributed by atoms with Crippen molar-refractivity contribution in [1.29, 1.82) is 0 Å². The highest BCUT2D eigenvalue weighted by molar-refractivity contribution is 5.54. The first-order valence-corrected chi connectivity index (χ1v) is 7.82. The van der Waals surface area contributed by atoms with Crippen molar-refractivity contribution in [3.63, 3.8) is 0 Å². The lowest BCUT2D eigenvalue weighted by atomic mass is 10.1. The van der Waals surface area contributed by atoms with E-state index < -0.39 is 11.9 Å². The van der Waals surface area contributed by atoms with Crippen molar-refractivity contribution in [3.8, 4) is 5.75 Å². The molecule has 0 bridgehead atoms. The highest BCUT2D eigenvalue weighted by Crippen LogP contribution is 2.30. The number of nitrogen functional groups attached to an aromatic ring is 1. The summed E-state index contributed by atoms with van der Waals surface area (Å²) < 4.78 is 25.5. The van der Waals surface area contributed by atoms with Gasteiger partial charge in [0.15, 0.2) is 11.6 Å². The Morgan fingerprint density at radius 2 is 2.21 bits per heavy atom. The third-order valence-electron chi connectivity index (χ3n) is 3.96. The summed E-state index contributed by atoms with van der Waals surface area (Å²) in [6.07, 6.45) is 1.07. The quantitative estimate of drug-likeness (QED) is 0.778. The zero-order chi connectivity index (χ0) is 16.9. The molecule has 0 aliphatic carbocycles. The molecule has 1 aromatic heterocycles. The van der Waals surface area contributed by atoms with Crippen LogP contribution in [0.25, 0.3) is 0 Å². The largest absolute Gasteiger partial charge is 0.497 e. The van der Waals surface area contributed by atoms with Gasteiger partial charge in [0.1, 0.15) is 5.75 Å². The van der Waals surface area contributed by atoms with Gasteiger partial charge in [-0.3, -0.25) is 0 Å². The molecular weight excluding hydrogens is 311 g/mol. The van der Waals surface area contributed by atoms with Gasteiger partial charge in [-0.15, -0.1) is 0 Å². The molecule has 1 unspecified atom stereocenters. The van der Waals surface area contributed by atoms with Gasteiger partial charge in [-0.05, 0) is 17.7 Å². The van der Waals surface area contributed by atoms with E-state index in [1.807, 2.05) is 24.3 Å². The fraction of sp³-hybridized carbons (Fsp3) is 0.353. The molecule has 128 valence electrons. The molecule has 1 saturated heterocycles. The highest BCUT2D eigenvalue weighted by Gasteiger charge is 2.24. The number of halogens is 1. The van der Waals surface area contributed by atoms with Crippen LogP contribution in [0.1, 0.15) is 17.2 Å². The Morgan fingerprint density at radius 1 is 1.42 bits per heavy atom. The lowest BCUT2D eigenvalue weighted by molar-refractivity contribution is 0.0260. The fourth-order valence-corrected chi connectivity index (χ4v) is 2.65. The van der Waals surface area contributed by atoms with Crippen LogP contribution in [0.2, 0.25) is 0 Å². The minimum absolute atomic E-state index is 0.171. The SMILES string of the molecule is COc1ccc(CNc2ncc(N)c(C3CNCCO3)c2F)cc1. The molecule has 1 fully saturated rings. The van der Waals surface area contributed by atoms with E-state index in [9.17, 15) is 4.39 Å². The number of ether oxygens (including phenoxy) is 2. The molecule has 1 aliphatic rings. The summed E-state index contributed by atoms with van der Waals surface area (Å²) in [4.78, 5) is 4.07. The lowest BCUT2D eigenvalue weighted by Crippen LogP contribution is -2.34. The number of methoxy groups -OCH3 is 1. The van der Waals surface area contributed by atoms with Gasteiger partial charge >= 0.3 is 0 Å². The zero-order valence-corrected chi connectivity index (χ0v) is 13.5. The molecular formula is C17H21FN4O2. The number of nitrogens with one attached hydrogen (secondary N) is 2. The van der Waals surface area contributed by atoms with E-state index in [1.54, 1.807) is 7.11 Å². The maximum atomic E-state index is 14.8. The average molecular weight is 332 g/mol. The zero-order valence-electron chi connectivity index (χ0n) is 13.5. The first-order valence-electron chi connectivity index (χ1n) is 7.82. The maximum Gasteiger partial charge on any atom is 0.173 e. The Kier molecular flexibility index (Phi) is 5.12. The van der Waals surface area contributed by atoms with E-state index in [-0.39, 0.29) is 5.82 Å². The van der Waals surface area contributed by atoms with Gasteiger partial charge in [-0.2, -0.15) is 0 Å². The molecule has 2 heterocycles. The van der Waals surface area contributed by atoms with Crippen molar-refractivity contribution < 1.29 is 13.9 Å². The topological polar surface area (TPSA) is 81.4 Å². The summed E-state index contributed by atoms with van der Waals surface area (Å²) >= 11 is 0. The number of nitrogens with two attached hydrogens (primary N) is 1. The Labute approximate surface area is 140 Å². The van der Waals surface area contributed by atoms with Crippen LogP contribution in [0.3, 0.4) is 0 Å². The predicted octanol–water partition coefficient (Wildman–Crippen LogP) is 2.08. The first kappa shape index (κ1) is 16.5. The number of benzene rings is 1. The summed E-state index contributed by atoms with van der Waals surface area (Å²) in [5.41, 5.74) is 7.56. The van der Waals surface area contributed by atoms with Crippen LogP contribution in [0, 0.1) is 5.82 Å². The van der Waals surface area contributed by atoms with Gasteiger partial charge < -0.3 is 25.8 Å². The molecule has 2 aromatic rings. The van der Waals surface area contributed by atoms with Crippen molar-refractivity contribution in [2.75, 3.05) is 37.9 Å². The van der Waals surface area contributed by atoms with Gasteiger partial charge in [0, 0.05) is 25.2 Å². The molecule has 7 heteroatoms. The van der Waals surface area contributed by atoms with E-state index in [4.69, 9.17) is 15.2 Å². The third kappa shape index (κ3) is 3.58. The van der Waals surface area contributed by atoms with Gasteiger partial charge in [0.2, 0.25) is 0 Å². The fourth-order valence-electron chi connectivity index (χ4n) is 2.65. The number of morpholine rings is 1. The van der Waals surface area contributed by atoms with Crippen molar-refractivity contribution >= 4 is 11.5 Å². The number of pyridine rings is 1. The lowest BCUT2D eigenvalue weighted by Gasteiger charge is -2.25. The van der Waals surface area contributed by atoms with Gasteiger partial charge in [0.05, 0.1) is 31.7 Å².